The molecule has 0 radical (unpaired) electrons. The number of hydrogen-bond acceptors (Lipinski definition) is 2. The molecular weight excluding hydrogens is 162 g/mol. The first kappa shape index (κ1) is 8.56. The molecule has 0 aliphatic heterocycles. The van der Waals surface area contributed by atoms with Crippen LogP contribution in [0.5, 0.6) is 0 Å². The molecule has 3 nitrogen and oxygen atoms in total. The van der Waals surface area contributed by atoms with Crippen LogP contribution in [0.15, 0.2) is 6.20 Å². The fraction of sp³-hybridized carbons (Fsp3) is 0.571. The zero-order valence-electron chi connectivity index (χ0n) is 6.21. The second kappa shape index (κ2) is 3.24. The van der Waals surface area contributed by atoms with Crippen molar-refractivity contribution in [2.75, 3.05) is 0 Å². The molecule has 1 heterocycles. The lowest BCUT2D eigenvalue weighted by Gasteiger charge is -2.16. The Morgan fingerprint density at radius 1 is 1.64 bits per heavy atom. The van der Waals surface area contributed by atoms with Crippen molar-refractivity contribution in [3.8, 4) is 0 Å². The summed E-state index contributed by atoms with van der Waals surface area (Å²) < 4.78 is 0. The van der Waals surface area contributed by atoms with Gasteiger partial charge in [-0.2, -0.15) is 5.10 Å². The predicted octanol–water partition coefficient (Wildman–Crippen LogP) is 0.647. The fourth-order valence-electron chi connectivity index (χ4n) is 1.44. The summed E-state index contributed by atoms with van der Waals surface area (Å²) in [6.07, 6.45) is 5.03. The van der Waals surface area contributed by atoms with E-state index in [0.29, 0.717) is 6.04 Å². The van der Waals surface area contributed by atoms with Gasteiger partial charge in [-0.05, 0) is 24.8 Å². The Kier molecular flexibility index (Phi) is 2.52. The van der Waals surface area contributed by atoms with Gasteiger partial charge in [0.1, 0.15) is 0 Å². The maximum Gasteiger partial charge on any atom is 0.0522 e. The van der Waals surface area contributed by atoms with E-state index in [1.807, 2.05) is 6.20 Å². The first-order chi connectivity index (χ1) is 4.86. The Balaban J connectivity index is 0.000000605. The van der Waals surface area contributed by atoms with Crippen molar-refractivity contribution >= 4 is 12.4 Å². The molecule has 3 N–H and O–H groups in total. The molecule has 1 aliphatic carbocycles. The smallest absolute Gasteiger partial charge is 0.0522 e. The predicted molar refractivity (Wildman–Crippen MR) is 45.8 cm³/mol. The van der Waals surface area contributed by atoms with Crippen LogP contribution in [-0.4, -0.2) is 16.2 Å². The molecule has 1 unspecified atom stereocenters. The second-order valence-electron chi connectivity index (χ2n) is 2.88. The molecule has 2 rings (SSSR count). The number of fused-ring (bicyclic) bond motifs is 1. The molecule has 4 heteroatoms. The highest BCUT2D eigenvalue weighted by molar-refractivity contribution is 5.85. The number of aryl methyl sites for hydroxylation is 1. The lowest BCUT2D eigenvalue weighted by molar-refractivity contribution is 0.571. The fourth-order valence-corrected chi connectivity index (χ4v) is 1.44. The molecule has 0 amide bonds. The summed E-state index contributed by atoms with van der Waals surface area (Å²) in [6.45, 7) is 0. The number of halogens is 1. The zero-order valence-corrected chi connectivity index (χ0v) is 7.03. The summed E-state index contributed by atoms with van der Waals surface area (Å²) in [7, 11) is 0. The van der Waals surface area contributed by atoms with Crippen LogP contribution < -0.4 is 5.73 Å². The van der Waals surface area contributed by atoms with Crippen LogP contribution >= 0.6 is 12.4 Å². The number of nitrogens with zero attached hydrogens (tertiary/aromatic N) is 1. The third kappa shape index (κ3) is 1.54. The summed E-state index contributed by atoms with van der Waals surface area (Å²) in [5, 5.41) is 6.93. The van der Waals surface area contributed by atoms with E-state index in [-0.39, 0.29) is 12.4 Å². The van der Waals surface area contributed by atoms with Crippen molar-refractivity contribution in [1.29, 1.82) is 0 Å². The highest BCUT2D eigenvalue weighted by Gasteiger charge is 2.15. The van der Waals surface area contributed by atoms with Crippen LogP contribution in [0.2, 0.25) is 0 Å². The van der Waals surface area contributed by atoms with Gasteiger partial charge in [0.2, 0.25) is 0 Å². The maximum absolute atomic E-state index is 5.77. The number of nitrogens with one attached hydrogen (secondary N) is 1. The molecule has 1 aliphatic rings. The van der Waals surface area contributed by atoms with Crippen LogP contribution in [0, 0.1) is 0 Å². The Hall–Kier alpha value is -0.540. The molecule has 0 aromatic carbocycles. The average molecular weight is 174 g/mol. The highest BCUT2D eigenvalue weighted by atomic mass is 35.5. The number of nitrogens with two attached hydrogens (primary N) is 1. The van der Waals surface area contributed by atoms with Crippen molar-refractivity contribution in [2.45, 2.75) is 25.3 Å². The van der Waals surface area contributed by atoms with Gasteiger partial charge in [0.25, 0.3) is 0 Å². The number of H-pyrrole nitrogens is 1. The third-order valence-electron chi connectivity index (χ3n) is 2.05. The van der Waals surface area contributed by atoms with Gasteiger partial charge in [0.15, 0.2) is 0 Å². The minimum absolute atomic E-state index is 0. The van der Waals surface area contributed by atoms with E-state index in [0.717, 1.165) is 19.3 Å². The molecule has 0 saturated carbocycles. The normalized spacial score (nSPS) is 22.1. The molecule has 11 heavy (non-hydrogen) atoms. The van der Waals surface area contributed by atoms with Crippen LogP contribution in [-0.2, 0) is 12.8 Å². The minimum Gasteiger partial charge on any atom is -0.327 e. The number of aromatic amines is 1. The summed E-state index contributed by atoms with van der Waals surface area (Å²) >= 11 is 0. The van der Waals surface area contributed by atoms with Crippen molar-refractivity contribution in [3.05, 3.63) is 17.5 Å². The van der Waals surface area contributed by atoms with Crippen molar-refractivity contribution in [1.82, 2.24) is 10.2 Å². The van der Waals surface area contributed by atoms with Crippen molar-refractivity contribution in [2.24, 2.45) is 5.73 Å². The summed E-state index contributed by atoms with van der Waals surface area (Å²) in [5.74, 6) is 0. The number of aromatic nitrogens is 2. The van der Waals surface area contributed by atoms with E-state index < -0.39 is 0 Å². The first-order valence-corrected chi connectivity index (χ1v) is 3.63. The molecule has 0 saturated heterocycles. The Morgan fingerprint density at radius 3 is 3.27 bits per heavy atom. The molecule has 62 valence electrons. The largest absolute Gasteiger partial charge is 0.327 e. The minimum atomic E-state index is 0. The summed E-state index contributed by atoms with van der Waals surface area (Å²) in [5.41, 5.74) is 8.35. The van der Waals surface area contributed by atoms with Crippen LogP contribution in [0.3, 0.4) is 0 Å². The van der Waals surface area contributed by atoms with Crippen LogP contribution in [0.1, 0.15) is 17.7 Å². The van der Waals surface area contributed by atoms with Gasteiger partial charge in [0.05, 0.1) is 6.20 Å². The van der Waals surface area contributed by atoms with E-state index in [1.54, 1.807) is 0 Å². The van der Waals surface area contributed by atoms with E-state index >= 15 is 0 Å². The van der Waals surface area contributed by atoms with Gasteiger partial charge < -0.3 is 5.73 Å². The Labute approximate surface area is 71.8 Å². The number of hydrogen-bond donors (Lipinski definition) is 2. The van der Waals surface area contributed by atoms with E-state index in [9.17, 15) is 0 Å². The van der Waals surface area contributed by atoms with E-state index in [2.05, 4.69) is 10.2 Å². The first-order valence-electron chi connectivity index (χ1n) is 3.63. The van der Waals surface area contributed by atoms with Gasteiger partial charge in [-0.3, -0.25) is 5.10 Å². The molecule has 0 fully saturated rings. The summed E-state index contributed by atoms with van der Waals surface area (Å²) in [6, 6.07) is 0.352. The van der Waals surface area contributed by atoms with Gasteiger partial charge in [-0.25, -0.2) is 0 Å². The standard InChI is InChI=1S/C7H11N3.ClH/c8-6-1-2-7-5(3-6)4-9-10-7;/h4,6H,1-3,8H2,(H,9,10);1H. The summed E-state index contributed by atoms with van der Waals surface area (Å²) in [4.78, 5) is 0. The van der Waals surface area contributed by atoms with E-state index in [1.165, 1.54) is 11.3 Å². The van der Waals surface area contributed by atoms with Gasteiger partial charge in [0, 0.05) is 11.7 Å². The second-order valence-corrected chi connectivity index (χ2v) is 2.88. The lowest BCUT2D eigenvalue weighted by Crippen LogP contribution is -2.27. The van der Waals surface area contributed by atoms with Gasteiger partial charge in [-0.15, -0.1) is 12.4 Å². The molecule has 1 atom stereocenters. The van der Waals surface area contributed by atoms with Crippen LogP contribution in [0.25, 0.3) is 0 Å². The maximum atomic E-state index is 5.77. The monoisotopic (exact) mass is 173 g/mol. The van der Waals surface area contributed by atoms with Gasteiger partial charge in [-0.1, -0.05) is 0 Å². The molecule has 0 bridgehead atoms. The quantitative estimate of drug-likeness (QED) is 0.605. The average Bonchev–Trinajstić information content (AvgIpc) is 2.33. The highest BCUT2D eigenvalue weighted by Crippen LogP contribution is 2.16. The lowest BCUT2D eigenvalue weighted by atomic mass is 9.94. The Morgan fingerprint density at radius 2 is 2.45 bits per heavy atom. The molecule has 0 spiro atoms. The van der Waals surface area contributed by atoms with Gasteiger partial charge >= 0.3 is 0 Å². The molecular formula is C7H12ClN3. The SMILES string of the molecule is Cl.NC1CCc2[nH]ncc2C1. The zero-order chi connectivity index (χ0) is 6.97. The van der Waals surface area contributed by atoms with Crippen molar-refractivity contribution in [3.63, 3.8) is 0 Å². The topological polar surface area (TPSA) is 54.7 Å². The van der Waals surface area contributed by atoms with E-state index in [4.69, 9.17) is 5.73 Å². The molecule has 1 aromatic rings. The number of rotatable bonds is 0. The third-order valence-corrected chi connectivity index (χ3v) is 2.05. The Bertz CT molecular complexity index is 233. The molecule has 1 aromatic heterocycles. The van der Waals surface area contributed by atoms with Crippen molar-refractivity contribution < 1.29 is 0 Å². The van der Waals surface area contributed by atoms with Crippen LogP contribution in [0.4, 0.5) is 0 Å².